The van der Waals surface area contributed by atoms with E-state index in [-0.39, 0.29) is 27.6 Å². The summed E-state index contributed by atoms with van der Waals surface area (Å²) < 4.78 is 1.30. The molecule has 2 saturated heterocycles. The third kappa shape index (κ3) is 3.79. The molecule has 3 rings (SSSR count). The van der Waals surface area contributed by atoms with Crippen LogP contribution in [0.5, 0.6) is 0 Å². The number of nitro groups is 1. The van der Waals surface area contributed by atoms with Crippen LogP contribution in [0.3, 0.4) is 0 Å². The molecule has 5 nitrogen and oxygen atoms in total. The lowest BCUT2D eigenvalue weighted by Gasteiger charge is -2.45. The number of hydrogen-bond acceptors (Lipinski definition) is 3. The number of halogens is 1. The van der Waals surface area contributed by atoms with E-state index >= 15 is 0 Å². The molecule has 22 heavy (non-hydrogen) atoms. The lowest BCUT2D eigenvalue weighted by Crippen LogP contribution is -3.00. The van der Waals surface area contributed by atoms with Gasteiger partial charge in [0.1, 0.15) is 0 Å². The molecule has 2 fully saturated rings. The van der Waals surface area contributed by atoms with Crippen LogP contribution in [-0.4, -0.2) is 48.7 Å². The molecule has 0 N–H and O–H groups in total. The fraction of sp³-hybridized carbons (Fsp3) is 0.625. The number of nitro benzene ring substituents is 1. The molecule has 6 heteroatoms. The van der Waals surface area contributed by atoms with Gasteiger partial charge in [0.15, 0.2) is 0 Å². The summed E-state index contributed by atoms with van der Waals surface area (Å²) in [5.74, 6) is 0. The molecule has 0 radical (unpaired) electrons. The van der Waals surface area contributed by atoms with Gasteiger partial charge in [-0.15, -0.1) is 0 Å². The Morgan fingerprint density at radius 1 is 0.909 bits per heavy atom. The Balaban J connectivity index is 0.00000176. The second-order valence-corrected chi connectivity index (χ2v) is 6.41. The lowest BCUT2D eigenvalue weighted by molar-refractivity contribution is -0.927. The van der Waals surface area contributed by atoms with Crippen molar-refractivity contribution in [2.24, 2.45) is 0 Å². The molecule has 1 aromatic rings. The fourth-order valence-corrected chi connectivity index (χ4v) is 3.74. The molecule has 1 spiro atoms. The summed E-state index contributed by atoms with van der Waals surface area (Å²) in [7, 11) is 0. The third-order valence-corrected chi connectivity index (χ3v) is 5.13. The highest BCUT2D eigenvalue weighted by Crippen LogP contribution is 2.25. The largest absolute Gasteiger partial charge is 1.00 e. The number of anilines is 1. The molecule has 2 heterocycles. The van der Waals surface area contributed by atoms with Crippen molar-refractivity contribution in [3.8, 4) is 0 Å². The first kappa shape index (κ1) is 17.2. The number of quaternary nitrogens is 1. The average Bonchev–Trinajstić information content (AvgIpc) is 2.74. The standard InChI is InChI=1S/C16H24N3O2.BrH/c20-18(21)16-7-5-15(6-8-16)17-9-13-19(14-10-17)11-3-1-2-4-12-19;/h5-8H,1-4,9-14H2;1H/q+1;/p-1. The molecule has 0 atom stereocenters. The van der Waals surface area contributed by atoms with E-state index in [1.807, 2.05) is 12.1 Å². The summed E-state index contributed by atoms with van der Waals surface area (Å²) in [4.78, 5) is 12.8. The van der Waals surface area contributed by atoms with Crippen molar-refractivity contribution in [3.63, 3.8) is 0 Å². The summed E-state index contributed by atoms with van der Waals surface area (Å²) in [6.07, 6.45) is 5.53. The van der Waals surface area contributed by atoms with Gasteiger partial charge in [0.25, 0.3) is 5.69 Å². The van der Waals surface area contributed by atoms with Crippen molar-refractivity contribution in [2.45, 2.75) is 25.7 Å². The summed E-state index contributed by atoms with van der Waals surface area (Å²) in [6, 6.07) is 6.99. The van der Waals surface area contributed by atoms with Crippen LogP contribution in [0.25, 0.3) is 0 Å². The van der Waals surface area contributed by atoms with Gasteiger partial charge >= 0.3 is 0 Å². The molecule has 2 aliphatic heterocycles. The minimum atomic E-state index is -0.336. The highest BCUT2D eigenvalue weighted by Gasteiger charge is 2.33. The monoisotopic (exact) mass is 369 g/mol. The van der Waals surface area contributed by atoms with Crippen LogP contribution in [0, 0.1) is 10.1 Å². The Bertz CT molecular complexity index is 489. The molecule has 1 aromatic carbocycles. The topological polar surface area (TPSA) is 46.4 Å². The predicted octanol–water partition coefficient (Wildman–Crippen LogP) is -0.190. The van der Waals surface area contributed by atoms with Gasteiger partial charge in [-0.1, -0.05) is 0 Å². The van der Waals surface area contributed by atoms with Gasteiger partial charge in [-0.25, -0.2) is 0 Å². The van der Waals surface area contributed by atoms with Gasteiger partial charge in [0.05, 0.1) is 44.2 Å². The molecule has 0 aromatic heterocycles. The first-order valence-electron chi connectivity index (χ1n) is 8.03. The highest BCUT2D eigenvalue weighted by atomic mass is 79.9. The number of benzene rings is 1. The first-order valence-corrected chi connectivity index (χ1v) is 8.03. The zero-order valence-corrected chi connectivity index (χ0v) is 14.5. The predicted molar refractivity (Wildman–Crippen MR) is 83.5 cm³/mol. The minimum Gasteiger partial charge on any atom is -1.00 e. The van der Waals surface area contributed by atoms with E-state index in [4.69, 9.17) is 0 Å². The van der Waals surface area contributed by atoms with Crippen molar-refractivity contribution in [3.05, 3.63) is 34.4 Å². The van der Waals surface area contributed by atoms with Crippen molar-refractivity contribution >= 4 is 11.4 Å². The Labute approximate surface area is 142 Å². The summed E-state index contributed by atoms with van der Waals surface area (Å²) >= 11 is 0. The summed E-state index contributed by atoms with van der Waals surface area (Å²) in [6.45, 7) is 7.26. The Kier molecular flexibility index (Phi) is 5.81. The number of nitrogens with zero attached hydrogens (tertiary/aromatic N) is 3. The summed E-state index contributed by atoms with van der Waals surface area (Å²) in [5, 5.41) is 10.7. The first-order chi connectivity index (χ1) is 10.2. The van der Waals surface area contributed by atoms with E-state index in [9.17, 15) is 10.1 Å². The highest BCUT2D eigenvalue weighted by molar-refractivity contribution is 5.51. The molecule has 0 saturated carbocycles. The maximum absolute atomic E-state index is 10.7. The van der Waals surface area contributed by atoms with Crippen molar-refractivity contribution < 1.29 is 26.4 Å². The van der Waals surface area contributed by atoms with Gasteiger partial charge in [-0.3, -0.25) is 10.1 Å². The average molecular weight is 370 g/mol. The van der Waals surface area contributed by atoms with Crippen LogP contribution in [0.1, 0.15) is 25.7 Å². The number of rotatable bonds is 2. The van der Waals surface area contributed by atoms with Gasteiger partial charge in [-0.2, -0.15) is 0 Å². The van der Waals surface area contributed by atoms with E-state index in [2.05, 4.69) is 4.90 Å². The minimum absolute atomic E-state index is 0. The second kappa shape index (κ2) is 7.42. The Morgan fingerprint density at radius 3 is 1.95 bits per heavy atom. The van der Waals surface area contributed by atoms with Crippen LogP contribution >= 0.6 is 0 Å². The Morgan fingerprint density at radius 2 is 1.45 bits per heavy atom. The molecule has 0 unspecified atom stereocenters. The fourth-order valence-electron chi connectivity index (χ4n) is 3.74. The Hall–Kier alpha value is -1.14. The van der Waals surface area contributed by atoms with Crippen molar-refractivity contribution in [1.82, 2.24) is 0 Å². The molecule has 0 bridgehead atoms. The maximum atomic E-state index is 10.7. The van der Waals surface area contributed by atoms with Crippen LogP contribution in [0.15, 0.2) is 24.3 Å². The smallest absolute Gasteiger partial charge is 0.269 e. The normalized spacial score (nSPS) is 21.0. The van der Waals surface area contributed by atoms with E-state index < -0.39 is 0 Å². The molecular formula is C16H24BrN3O2. The van der Waals surface area contributed by atoms with Crippen LogP contribution in [0.2, 0.25) is 0 Å². The third-order valence-electron chi connectivity index (χ3n) is 5.13. The van der Waals surface area contributed by atoms with E-state index in [1.54, 1.807) is 12.1 Å². The molecular weight excluding hydrogens is 346 g/mol. The maximum Gasteiger partial charge on any atom is 0.269 e. The van der Waals surface area contributed by atoms with E-state index in [0.29, 0.717) is 0 Å². The molecule has 0 aliphatic carbocycles. The number of non-ortho nitro benzene ring substituents is 1. The number of hydrogen-bond donors (Lipinski definition) is 0. The van der Waals surface area contributed by atoms with Gasteiger partial charge in [-0.05, 0) is 37.8 Å². The summed E-state index contributed by atoms with van der Waals surface area (Å²) in [5.41, 5.74) is 1.29. The zero-order chi connectivity index (χ0) is 14.7. The molecule has 2 aliphatic rings. The van der Waals surface area contributed by atoms with Crippen LogP contribution < -0.4 is 21.9 Å². The van der Waals surface area contributed by atoms with Crippen molar-refractivity contribution in [1.29, 1.82) is 0 Å². The van der Waals surface area contributed by atoms with E-state index in [0.717, 1.165) is 18.8 Å². The lowest BCUT2D eigenvalue weighted by atomic mass is 10.2. The van der Waals surface area contributed by atoms with Crippen molar-refractivity contribution in [2.75, 3.05) is 44.2 Å². The zero-order valence-electron chi connectivity index (χ0n) is 12.9. The van der Waals surface area contributed by atoms with Gasteiger partial charge in [0.2, 0.25) is 0 Å². The quantitative estimate of drug-likeness (QED) is 0.412. The van der Waals surface area contributed by atoms with Gasteiger partial charge in [0, 0.05) is 17.8 Å². The second-order valence-electron chi connectivity index (χ2n) is 6.41. The van der Waals surface area contributed by atoms with Crippen LogP contribution in [-0.2, 0) is 0 Å². The molecule has 0 amide bonds. The molecule has 122 valence electrons. The van der Waals surface area contributed by atoms with Crippen LogP contribution in [0.4, 0.5) is 11.4 Å². The van der Waals surface area contributed by atoms with Gasteiger partial charge < -0.3 is 26.4 Å². The van der Waals surface area contributed by atoms with E-state index in [1.165, 1.54) is 56.3 Å². The SMILES string of the molecule is O=[N+]([O-])c1ccc(N2CC[N+]3(CCCCCC3)CC2)cc1.[Br-]. The number of piperazine rings is 1.